The molecule has 3 atom stereocenters. The minimum atomic E-state index is -0.141. The second-order valence-electron chi connectivity index (χ2n) is 4.35. The Balaban J connectivity index is 2.07. The zero-order valence-electron chi connectivity index (χ0n) is 7.90. The number of nitrogens with zero attached hydrogens (tertiary/aromatic N) is 1. The molecule has 0 unspecified atom stereocenters. The molecule has 1 fully saturated rings. The lowest BCUT2D eigenvalue weighted by molar-refractivity contribution is -0.506. The predicted octanol–water partition coefficient (Wildman–Crippen LogP) is 2.26. The monoisotopic (exact) mass is 181 g/mol. The lowest BCUT2D eigenvalue weighted by Crippen LogP contribution is -2.49. The molecule has 2 aliphatic carbocycles. The van der Waals surface area contributed by atoms with Crippen molar-refractivity contribution in [2.24, 2.45) is 17.3 Å². The minimum Gasteiger partial charge on any atom is -0.265 e. The van der Waals surface area contributed by atoms with Gasteiger partial charge < -0.3 is 0 Å². The first-order valence-corrected chi connectivity index (χ1v) is 4.96. The van der Waals surface area contributed by atoms with Gasteiger partial charge in [-0.3, -0.25) is 10.1 Å². The zero-order chi connectivity index (χ0) is 9.47. The first-order chi connectivity index (χ1) is 6.18. The third-order valence-corrected chi connectivity index (χ3v) is 3.87. The van der Waals surface area contributed by atoms with Crippen LogP contribution in [0.5, 0.6) is 0 Å². The Morgan fingerprint density at radius 3 is 3.00 bits per heavy atom. The van der Waals surface area contributed by atoms with E-state index in [1.807, 2.05) is 0 Å². The zero-order valence-corrected chi connectivity index (χ0v) is 7.90. The molecule has 0 aliphatic heterocycles. The summed E-state index contributed by atoms with van der Waals surface area (Å²) in [6.07, 6.45) is 7.47. The highest BCUT2D eigenvalue weighted by Crippen LogP contribution is 2.58. The molecule has 0 saturated heterocycles. The molecule has 72 valence electrons. The average Bonchev–Trinajstić information content (AvgIpc) is 2.43. The summed E-state index contributed by atoms with van der Waals surface area (Å²) < 4.78 is 0. The number of hydrogen-bond acceptors (Lipinski definition) is 2. The fraction of sp³-hybridized carbons (Fsp3) is 0.800. The molecule has 2 aliphatic rings. The van der Waals surface area contributed by atoms with Gasteiger partial charge >= 0.3 is 0 Å². The lowest BCUT2D eigenvalue weighted by atomic mass is 9.53. The Morgan fingerprint density at radius 2 is 2.46 bits per heavy atom. The summed E-state index contributed by atoms with van der Waals surface area (Å²) in [7, 11) is 0. The maximum atomic E-state index is 10.5. The van der Waals surface area contributed by atoms with Gasteiger partial charge in [-0.25, -0.2) is 0 Å². The number of rotatable bonds is 3. The Morgan fingerprint density at radius 1 is 1.69 bits per heavy atom. The summed E-state index contributed by atoms with van der Waals surface area (Å²) in [6.45, 7) is 2.25. The predicted molar refractivity (Wildman–Crippen MR) is 49.9 cm³/mol. The lowest BCUT2D eigenvalue weighted by Gasteiger charge is -2.49. The van der Waals surface area contributed by atoms with E-state index in [-0.39, 0.29) is 16.9 Å². The molecular weight excluding hydrogens is 166 g/mol. The van der Waals surface area contributed by atoms with Crippen molar-refractivity contribution in [3.05, 3.63) is 22.3 Å². The topological polar surface area (TPSA) is 43.1 Å². The molecule has 0 aromatic carbocycles. The standard InChI is InChI=1S/C10H15NO2/c1-2-10(7-11(12)13)6-8-4-3-5-9(8)10/h3-4,8-9H,2,5-7H2,1H3/t8-,9-,10+/m1/s1. The fourth-order valence-electron chi connectivity index (χ4n) is 3.04. The number of fused-ring (bicyclic) bond motifs is 1. The van der Waals surface area contributed by atoms with Crippen molar-refractivity contribution in [2.45, 2.75) is 26.2 Å². The highest BCUT2D eigenvalue weighted by molar-refractivity contribution is 5.15. The molecule has 3 nitrogen and oxygen atoms in total. The second-order valence-corrected chi connectivity index (χ2v) is 4.35. The van der Waals surface area contributed by atoms with E-state index < -0.39 is 0 Å². The molecule has 0 aromatic rings. The van der Waals surface area contributed by atoms with E-state index in [0.717, 1.165) is 19.3 Å². The first-order valence-electron chi connectivity index (χ1n) is 4.96. The van der Waals surface area contributed by atoms with E-state index in [9.17, 15) is 10.1 Å². The maximum Gasteiger partial charge on any atom is 0.209 e. The molecule has 0 radical (unpaired) electrons. The average molecular weight is 181 g/mol. The van der Waals surface area contributed by atoms with E-state index in [2.05, 4.69) is 19.1 Å². The highest BCUT2D eigenvalue weighted by Gasteiger charge is 2.55. The van der Waals surface area contributed by atoms with E-state index in [0.29, 0.717) is 11.8 Å². The van der Waals surface area contributed by atoms with Crippen molar-refractivity contribution in [3.8, 4) is 0 Å². The summed E-state index contributed by atoms with van der Waals surface area (Å²) in [5.41, 5.74) is 0.0255. The highest BCUT2D eigenvalue weighted by atomic mass is 16.6. The van der Waals surface area contributed by atoms with Crippen LogP contribution in [0.2, 0.25) is 0 Å². The SMILES string of the molecule is CC[C@@]1(C[N+](=O)[O-])C[C@H]2C=CC[C@H]21. The quantitative estimate of drug-likeness (QED) is 0.381. The first kappa shape index (κ1) is 8.73. The third kappa shape index (κ3) is 1.18. The van der Waals surface area contributed by atoms with E-state index in [4.69, 9.17) is 0 Å². The Labute approximate surface area is 78.0 Å². The number of hydrogen-bond donors (Lipinski definition) is 0. The summed E-state index contributed by atoms with van der Waals surface area (Å²) in [4.78, 5) is 10.4. The Kier molecular flexibility index (Phi) is 1.90. The van der Waals surface area contributed by atoms with Gasteiger partial charge in [0.25, 0.3) is 0 Å². The molecule has 13 heavy (non-hydrogen) atoms. The van der Waals surface area contributed by atoms with Crippen LogP contribution in [0.1, 0.15) is 26.2 Å². The molecule has 3 heteroatoms. The van der Waals surface area contributed by atoms with Crippen LogP contribution in [0.3, 0.4) is 0 Å². The second kappa shape index (κ2) is 2.82. The van der Waals surface area contributed by atoms with Gasteiger partial charge in [0.05, 0.1) is 0 Å². The summed E-state index contributed by atoms with van der Waals surface area (Å²) >= 11 is 0. The van der Waals surface area contributed by atoms with Crippen molar-refractivity contribution in [1.82, 2.24) is 0 Å². The van der Waals surface area contributed by atoms with Crippen molar-refractivity contribution >= 4 is 0 Å². The van der Waals surface area contributed by atoms with Crippen LogP contribution in [0.15, 0.2) is 12.2 Å². The Bertz CT molecular complexity index is 262. The molecule has 0 N–H and O–H groups in total. The molecule has 0 spiro atoms. The van der Waals surface area contributed by atoms with Crippen LogP contribution in [0.25, 0.3) is 0 Å². The van der Waals surface area contributed by atoms with Crippen LogP contribution in [0.4, 0.5) is 0 Å². The van der Waals surface area contributed by atoms with Crippen LogP contribution in [0, 0.1) is 27.4 Å². The molecule has 0 amide bonds. The smallest absolute Gasteiger partial charge is 0.209 e. The van der Waals surface area contributed by atoms with Crippen molar-refractivity contribution < 1.29 is 4.92 Å². The molecule has 1 saturated carbocycles. The molecular formula is C10H15NO2. The van der Waals surface area contributed by atoms with Gasteiger partial charge in [-0.2, -0.15) is 0 Å². The van der Waals surface area contributed by atoms with Crippen molar-refractivity contribution in [3.63, 3.8) is 0 Å². The largest absolute Gasteiger partial charge is 0.265 e. The van der Waals surface area contributed by atoms with Crippen molar-refractivity contribution in [1.29, 1.82) is 0 Å². The molecule has 0 bridgehead atoms. The number of allylic oxidation sites excluding steroid dienone is 2. The summed E-state index contributed by atoms with van der Waals surface area (Å²) in [5, 5.41) is 10.5. The van der Waals surface area contributed by atoms with E-state index >= 15 is 0 Å². The molecule has 0 aromatic heterocycles. The van der Waals surface area contributed by atoms with Crippen LogP contribution in [-0.2, 0) is 0 Å². The minimum absolute atomic E-state index is 0.0255. The van der Waals surface area contributed by atoms with Gasteiger partial charge in [-0.1, -0.05) is 19.1 Å². The van der Waals surface area contributed by atoms with Gasteiger partial charge in [0, 0.05) is 10.3 Å². The number of nitro groups is 1. The van der Waals surface area contributed by atoms with Gasteiger partial charge in [-0.15, -0.1) is 0 Å². The third-order valence-electron chi connectivity index (χ3n) is 3.87. The normalized spacial score (nSPS) is 41.3. The summed E-state index contributed by atoms with van der Waals surface area (Å²) in [5.74, 6) is 1.22. The van der Waals surface area contributed by atoms with Crippen LogP contribution >= 0.6 is 0 Å². The fourth-order valence-corrected chi connectivity index (χ4v) is 3.04. The van der Waals surface area contributed by atoms with Crippen LogP contribution in [-0.4, -0.2) is 11.5 Å². The van der Waals surface area contributed by atoms with Gasteiger partial charge in [0.1, 0.15) is 0 Å². The van der Waals surface area contributed by atoms with E-state index in [1.54, 1.807) is 0 Å². The van der Waals surface area contributed by atoms with Gasteiger partial charge in [0.15, 0.2) is 0 Å². The van der Waals surface area contributed by atoms with Gasteiger partial charge in [0.2, 0.25) is 6.54 Å². The molecule has 0 heterocycles. The van der Waals surface area contributed by atoms with Gasteiger partial charge in [-0.05, 0) is 31.1 Å². The van der Waals surface area contributed by atoms with Crippen LogP contribution < -0.4 is 0 Å². The Hall–Kier alpha value is -0.860. The van der Waals surface area contributed by atoms with Crippen molar-refractivity contribution in [2.75, 3.05) is 6.54 Å². The van der Waals surface area contributed by atoms with E-state index in [1.165, 1.54) is 0 Å². The molecule has 2 rings (SSSR count). The maximum absolute atomic E-state index is 10.5. The summed E-state index contributed by atoms with van der Waals surface area (Å²) in [6, 6.07) is 0.